The number of rotatable bonds is 5. The van der Waals surface area contributed by atoms with E-state index in [1.165, 1.54) is 14.2 Å². The fraction of sp³-hybridized carbons (Fsp3) is 0.538. The molecule has 1 rings (SSSR count). The predicted molar refractivity (Wildman–Crippen MR) is 80.4 cm³/mol. The molecule has 0 radical (unpaired) electrons. The molecule has 0 fully saturated rings. The molecule has 0 heterocycles. The molecule has 1 aromatic carbocycles. The van der Waals surface area contributed by atoms with E-state index in [0.29, 0.717) is 17.1 Å². The molecule has 5 nitrogen and oxygen atoms in total. The summed E-state index contributed by atoms with van der Waals surface area (Å²) in [5.74, 6) is 0.770. The first-order chi connectivity index (χ1) is 9.07. The molecule has 0 aliphatic heterocycles. The number of sulfone groups is 1. The summed E-state index contributed by atoms with van der Waals surface area (Å²) < 4.78 is 33.0. The average Bonchev–Trinajstić information content (AvgIpc) is 2.36. The Labute approximate surface area is 124 Å². The molecule has 0 aliphatic rings. The van der Waals surface area contributed by atoms with Crippen molar-refractivity contribution in [3.05, 3.63) is 22.7 Å². The fourth-order valence-electron chi connectivity index (χ4n) is 1.77. The van der Waals surface area contributed by atoms with E-state index in [1.807, 2.05) is 0 Å². The molecule has 0 bridgehead atoms. The molecule has 114 valence electrons. The molecule has 0 saturated carbocycles. The first-order valence-corrected chi connectivity index (χ1v) is 8.20. The summed E-state index contributed by atoms with van der Waals surface area (Å²) in [5.41, 5.74) is 6.66. The second kappa shape index (κ2) is 5.79. The van der Waals surface area contributed by atoms with E-state index < -0.39 is 20.6 Å². The van der Waals surface area contributed by atoms with Gasteiger partial charge in [-0.15, -0.1) is 0 Å². The largest absolute Gasteiger partial charge is 0.495 e. The van der Waals surface area contributed by atoms with Gasteiger partial charge in [0.25, 0.3) is 0 Å². The summed E-state index contributed by atoms with van der Waals surface area (Å²) in [6.07, 6.45) is 1.16. The van der Waals surface area contributed by atoms with Crippen LogP contribution in [0.4, 0.5) is 0 Å². The Bertz CT molecular complexity index is 599. The molecular formula is C13H20ClNO4S. The van der Waals surface area contributed by atoms with Gasteiger partial charge in [0.05, 0.1) is 25.0 Å². The van der Waals surface area contributed by atoms with Crippen molar-refractivity contribution in [3.63, 3.8) is 0 Å². The van der Waals surface area contributed by atoms with E-state index >= 15 is 0 Å². The number of nitrogens with two attached hydrogens (primary N) is 1. The number of hydrogen-bond donors (Lipinski definition) is 1. The molecule has 0 aliphatic carbocycles. The fourth-order valence-corrected chi connectivity index (χ4v) is 2.68. The zero-order valence-electron chi connectivity index (χ0n) is 12.2. The second-order valence-corrected chi connectivity index (χ2v) is 8.03. The third-order valence-electron chi connectivity index (χ3n) is 3.56. The van der Waals surface area contributed by atoms with Gasteiger partial charge >= 0.3 is 0 Å². The van der Waals surface area contributed by atoms with E-state index in [4.69, 9.17) is 26.8 Å². The van der Waals surface area contributed by atoms with Gasteiger partial charge in [0.1, 0.15) is 16.5 Å². The third kappa shape index (κ3) is 2.87. The molecule has 1 aromatic rings. The summed E-state index contributed by atoms with van der Waals surface area (Å²) in [6, 6.07) is 2.52. The van der Waals surface area contributed by atoms with Crippen molar-refractivity contribution in [2.45, 2.75) is 24.6 Å². The molecule has 20 heavy (non-hydrogen) atoms. The molecule has 7 heteroatoms. The van der Waals surface area contributed by atoms with Crippen molar-refractivity contribution in [2.24, 2.45) is 5.73 Å². The van der Waals surface area contributed by atoms with Gasteiger partial charge in [0.2, 0.25) is 0 Å². The van der Waals surface area contributed by atoms with Gasteiger partial charge in [-0.1, -0.05) is 11.6 Å². The SMILES string of the molecule is COc1ccc(C(N)C(C)(C)S(C)(=O)=O)c(OC)c1Cl. The lowest BCUT2D eigenvalue weighted by atomic mass is 9.95. The minimum atomic E-state index is -3.36. The van der Waals surface area contributed by atoms with E-state index in [1.54, 1.807) is 26.0 Å². The number of ether oxygens (including phenoxy) is 2. The van der Waals surface area contributed by atoms with E-state index in [9.17, 15) is 8.42 Å². The summed E-state index contributed by atoms with van der Waals surface area (Å²) in [5, 5.41) is 0.271. The highest BCUT2D eigenvalue weighted by Crippen LogP contribution is 2.42. The number of halogens is 1. The van der Waals surface area contributed by atoms with Crippen LogP contribution in [-0.2, 0) is 9.84 Å². The smallest absolute Gasteiger partial charge is 0.154 e. The van der Waals surface area contributed by atoms with Gasteiger partial charge in [0.15, 0.2) is 9.84 Å². The molecular weight excluding hydrogens is 302 g/mol. The maximum atomic E-state index is 11.9. The van der Waals surface area contributed by atoms with Crippen LogP contribution in [0.25, 0.3) is 0 Å². The first-order valence-electron chi connectivity index (χ1n) is 5.93. The lowest BCUT2D eigenvalue weighted by Gasteiger charge is -2.31. The lowest BCUT2D eigenvalue weighted by Crippen LogP contribution is -2.42. The van der Waals surface area contributed by atoms with E-state index in [2.05, 4.69) is 0 Å². The van der Waals surface area contributed by atoms with Gasteiger partial charge in [-0.25, -0.2) is 8.42 Å². The summed E-state index contributed by atoms with van der Waals surface area (Å²) in [6.45, 7) is 3.15. The Balaban J connectivity index is 3.45. The van der Waals surface area contributed by atoms with Gasteiger partial charge < -0.3 is 15.2 Å². The second-order valence-electron chi connectivity index (χ2n) is 5.06. The maximum absolute atomic E-state index is 11.9. The first kappa shape index (κ1) is 17.1. The highest BCUT2D eigenvalue weighted by Gasteiger charge is 2.39. The Morgan fingerprint density at radius 3 is 2.20 bits per heavy atom. The van der Waals surface area contributed by atoms with Crippen molar-refractivity contribution in [1.82, 2.24) is 0 Å². The van der Waals surface area contributed by atoms with Crippen LogP contribution in [-0.4, -0.2) is 33.6 Å². The van der Waals surface area contributed by atoms with E-state index in [-0.39, 0.29) is 5.02 Å². The zero-order valence-corrected chi connectivity index (χ0v) is 13.8. The summed E-state index contributed by atoms with van der Waals surface area (Å²) in [4.78, 5) is 0. The maximum Gasteiger partial charge on any atom is 0.154 e. The third-order valence-corrected chi connectivity index (χ3v) is 6.08. The Hall–Kier alpha value is -0.980. The predicted octanol–water partition coefficient (Wildman–Crippen LogP) is 2.18. The molecule has 1 unspecified atom stereocenters. The highest BCUT2D eigenvalue weighted by molar-refractivity contribution is 7.92. The number of methoxy groups -OCH3 is 2. The molecule has 0 spiro atoms. The van der Waals surface area contributed by atoms with Gasteiger partial charge in [-0.3, -0.25) is 0 Å². The molecule has 0 aromatic heterocycles. The van der Waals surface area contributed by atoms with Gasteiger partial charge in [-0.05, 0) is 26.0 Å². The summed E-state index contributed by atoms with van der Waals surface area (Å²) >= 11 is 6.17. The highest BCUT2D eigenvalue weighted by atomic mass is 35.5. The Kier molecular flexibility index (Phi) is 4.94. The van der Waals surface area contributed by atoms with Crippen molar-refractivity contribution in [1.29, 1.82) is 0 Å². The van der Waals surface area contributed by atoms with Gasteiger partial charge in [0, 0.05) is 11.8 Å². The van der Waals surface area contributed by atoms with Crippen molar-refractivity contribution >= 4 is 21.4 Å². The monoisotopic (exact) mass is 321 g/mol. The van der Waals surface area contributed by atoms with Crippen molar-refractivity contribution in [2.75, 3.05) is 20.5 Å². The van der Waals surface area contributed by atoms with Crippen molar-refractivity contribution < 1.29 is 17.9 Å². The number of hydrogen-bond acceptors (Lipinski definition) is 5. The number of benzene rings is 1. The van der Waals surface area contributed by atoms with Crippen LogP contribution in [0.1, 0.15) is 25.5 Å². The van der Waals surface area contributed by atoms with Crippen LogP contribution in [0.15, 0.2) is 12.1 Å². The van der Waals surface area contributed by atoms with Crippen LogP contribution in [0.3, 0.4) is 0 Å². The Morgan fingerprint density at radius 2 is 1.80 bits per heavy atom. The zero-order chi connectivity index (χ0) is 15.7. The van der Waals surface area contributed by atoms with Crippen LogP contribution in [0.2, 0.25) is 5.02 Å². The molecule has 0 amide bonds. The summed E-state index contributed by atoms with van der Waals surface area (Å²) in [7, 11) is -0.423. The van der Waals surface area contributed by atoms with Crippen LogP contribution < -0.4 is 15.2 Å². The standard InChI is InChI=1S/C13H20ClNO4S/c1-13(2,20(5,16)17)12(15)8-6-7-9(18-3)10(14)11(8)19-4/h6-7,12H,15H2,1-5H3. The van der Waals surface area contributed by atoms with Crippen LogP contribution >= 0.6 is 11.6 Å². The quantitative estimate of drug-likeness (QED) is 0.899. The van der Waals surface area contributed by atoms with E-state index in [0.717, 1.165) is 6.26 Å². The lowest BCUT2D eigenvalue weighted by molar-refractivity contribution is 0.384. The van der Waals surface area contributed by atoms with Gasteiger partial charge in [-0.2, -0.15) is 0 Å². The topological polar surface area (TPSA) is 78.6 Å². The minimum absolute atomic E-state index is 0.271. The van der Waals surface area contributed by atoms with Crippen LogP contribution in [0, 0.1) is 0 Å². The normalized spacial score (nSPS) is 13.9. The molecule has 0 saturated heterocycles. The average molecular weight is 322 g/mol. The molecule has 2 N–H and O–H groups in total. The Morgan fingerprint density at radius 1 is 1.25 bits per heavy atom. The van der Waals surface area contributed by atoms with Crippen LogP contribution in [0.5, 0.6) is 11.5 Å². The molecule has 1 atom stereocenters. The van der Waals surface area contributed by atoms with Crippen molar-refractivity contribution in [3.8, 4) is 11.5 Å². The minimum Gasteiger partial charge on any atom is -0.495 e.